The Balaban J connectivity index is 0.000000550. The standard InChI is InChI=1S/C12H14N2O2.C3H8/c1-2-7-13-12(15)8-10-9-5-3-4-6-11(9)16-14-10;1-3-2/h3-6H,2,7-8H2,1H3,(H,13,15);3H2,1-2H3. The number of carbonyl (C=O) groups is 1. The van der Waals surface area contributed by atoms with Gasteiger partial charge in [0.25, 0.3) is 0 Å². The largest absolute Gasteiger partial charge is 0.356 e. The molecule has 1 heterocycles. The van der Waals surface area contributed by atoms with Gasteiger partial charge in [0, 0.05) is 11.9 Å². The van der Waals surface area contributed by atoms with Gasteiger partial charge < -0.3 is 9.84 Å². The number of benzene rings is 1. The summed E-state index contributed by atoms with van der Waals surface area (Å²) in [6.45, 7) is 6.97. The number of carbonyl (C=O) groups excluding carboxylic acids is 1. The SMILES string of the molecule is CCC.CCCNC(=O)Cc1noc2ccccc12. The molecule has 104 valence electrons. The average molecular weight is 262 g/mol. The Morgan fingerprint density at radius 1 is 1.26 bits per heavy atom. The van der Waals surface area contributed by atoms with Crippen molar-refractivity contribution < 1.29 is 9.32 Å². The van der Waals surface area contributed by atoms with Crippen LogP contribution in [0.5, 0.6) is 0 Å². The summed E-state index contributed by atoms with van der Waals surface area (Å²) in [5.41, 5.74) is 1.42. The van der Waals surface area contributed by atoms with E-state index < -0.39 is 0 Å². The highest BCUT2D eigenvalue weighted by atomic mass is 16.5. The predicted octanol–water partition coefficient (Wildman–Crippen LogP) is 3.31. The lowest BCUT2D eigenvalue weighted by atomic mass is 10.1. The van der Waals surface area contributed by atoms with Gasteiger partial charge in [0.1, 0.15) is 5.69 Å². The molecular formula is C15H22N2O2. The Labute approximate surface area is 114 Å². The smallest absolute Gasteiger partial charge is 0.226 e. The third-order valence-electron chi connectivity index (χ3n) is 2.35. The Bertz CT molecular complexity index is 506. The first-order valence-corrected chi connectivity index (χ1v) is 6.82. The van der Waals surface area contributed by atoms with E-state index in [0.717, 1.165) is 17.4 Å². The fourth-order valence-electron chi connectivity index (χ4n) is 1.54. The first kappa shape index (κ1) is 15.2. The Kier molecular flexibility index (Phi) is 6.64. The molecule has 0 aliphatic rings. The summed E-state index contributed by atoms with van der Waals surface area (Å²) in [5, 5.41) is 7.63. The maximum atomic E-state index is 11.5. The number of amides is 1. The van der Waals surface area contributed by atoms with Crippen LogP contribution < -0.4 is 5.32 Å². The molecule has 0 radical (unpaired) electrons. The van der Waals surface area contributed by atoms with Gasteiger partial charge in [-0.1, -0.05) is 44.5 Å². The maximum Gasteiger partial charge on any atom is 0.226 e. The average Bonchev–Trinajstić information content (AvgIpc) is 2.81. The number of rotatable bonds is 4. The van der Waals surface area contributed by atoms with Crippen molar-refractivity contribution in [2.75, 3.05) is 6.54 Å². The van der Waals surface area contributed by atoms with E-state index in [9.17, 15) is 4.79 Å². The minimum Gasteiger partial charge on any atom is -0.356 e. The molecule has 0 aliphatic carbocycles. The minimum atomic E-state index is -0.0131. The van der Waals surface area contributed by atoms with Crippen molar-refractivity contribution in [3.05, 3.63) is 30.0 Å². The lowest BCUT2D eigenvalue weighted by molar-refractivity contribution is -0.120. The van der Waals surface area contributed by atoms with Gasteiger partial charge in [0.05, 0.1) is 6.42 Å². The summed E-state index contributed by atoms with van der Waals surface area (Å²) in [4.78, 5) is 11.5. The minimum absolute atomic E-state index is 0.0131. The van der Waals surface area contributed by atoms with Gasteiger partial charge in [-0.15, -0.1) is 0 Å². The second-order valence-electron chi connectivity index (χ2n) is 4.36. The van der Waals surface area contributed by atoms with Crippen LogP contribution in [0, 0.1) is 0 Å². The van der Waals surface area contributed by atoms with Crippen molar-refractivity contribution in [2.24, 2.45) is 0 Å². The third-order valence-corrected chi connectivity index (χ3v) is 2.35. The lowest BCUT2D eigenvalue weighted by Gasteiger charge is -2.00. The van der Waals surface area contributed by atoms with Gasteiger partial charge in [0.15, 0.2) is 5.58 Å². The summed E-state index contributed by atoms with van der Waals surface area (Å²) in [5.74, 6) is -0.0131. The molecular weight excluding hydrogens is 240 g/mol. The Hall–Kier alpha value is -1.84. The molecule has 0 fully saturated rings. The molecule has 4 nitrogen and oxygen atoms in total. The highest BCUT2D eigenvalue weighted by Crippen LogP contribution is 2.17. The number of hydrogen-bond donors (Lipinski definition) is 1. The first-order valence-electron chi connectivity index (χ1n) is 6.82. The predicted molar refractivity (Wildman–Crippen MR) is 77.0 cm³/mol. The van der Waals surface area contributed by atoms with Gasteiger partial charge in [-0.25, -0.2) is 0 Å². The van der Waals surface area contributed by atoms with Crippen LogP contribution in [0.4, 0.5) is 0 Å². The van der Waals surface area contributed by atoms with E-state index in [2.05, 4.69) is 24.3 Å². The van der Waals surface area contributed by atoms with Crippen LogP contribution in [0.25, 0.3) is 11.0 Å². The molecule has 1 aromatic heterocycles. The van der Waals surface area contributed by atoms with E-state index in [4.69, 9.17) is 4.52 Å². The molecule has 1 N–H and O–H groups in total. The second-order valence-corrected chi connectivity index (χ2v) is 4.36. The van der Waals surface area contributed by atoms with Crippen LogP contribution in [-0.2, 0) is 11.2 Å². The van der Waals surface area contributed by atoms with E-state index in [0.29, 0.717) is 12.2 Å². The number of aromatic nitrogens is 1. The maximum absolute atomic E-state index is 11.5. The first-order chi connectivity index (χ1) is 9.22. The zero-order chi connectivity index (χ0) is 14.1. The molecule has 0 saturated carbocycles. The lowest BCUT2D eigenvalue weighted by Crippen LogP contribution is -2.25. The summed E-state index contributed by atoms with van der Waals surface area (Å²) in [7, 11) is 0. The fourth-order valence-corrected chi connectivity index (χ4v) is 1.54. The van der Waals surface area contributed by atoms with Gasteiger partial charge in [-0.3, -0.25) is 4.79 Å². The number of fused-ring (bicyclic) bond motifs is 1. The molecule has 0 spiro atoms. The summed E-state index contributed by atoms with van der Waals surface area (Å²) >= 11 is 0. The molecule has 19 heavy (non-hydrogen) atoms. The number of para-hydroxylation sites is 1. The van der Waals surface area contributed by atoms with E-state index >= 15 is 0 Å². The second kappa shape index (κ2) is 8.29. The molecule has 2 aromatic rings. The van der Waals surface area contributed by atoms with E-state index in [1.807, 2.05) is 31.2 Å². The van der Waals surface area contributed by atoms with Crippen LogP contribution in [0.15, 0.2) is 28.8 Å². The number of hydrogen-bond acceptors (Lipinski definition) is 3. The third kappa shape index (κ3) is 4.73. The zero-order valence-corrected chi connectivity index (χ0v) is 11.9. The van der Waals surface area contributed by atoms with Gasteiger partial charge in [-0.2, -0.15) is 0 Å². The zero-order valence-electron chi connectivity index (χ0n) is 11.9. The topological polar surface area (TPSA) is 55.1 Å². The van der Waals surface area contributed by atoms with Crippen LogP contribution in [0.3, 0.4) is 0 Å². The van der Waals surface area contributed by atoms with Crippen molar-refractivity contribution in [1.82, 2.24) is 10.5 Å². The molecule has 0 aliphatic heterocycles. The summed E-state index contributed by atoms with van der Waals surface area (Å²) in [6.07, 6.45) is 2.46. The number of nitrogens with zero attached hydrogens (tertiary/aromatic N) is 1. The molecule has 1 aromatic carbocycles. The molecule has 0 atom stereocenters. The quantitative estimate of drug-likeness (QED) is 0.919. The van der Waals surface area contributed by atoms with Crippen molar-refractivity contribution in [2.45, 2.75) is 40.0 Å². The van der Waals surface area contributed by atoms with Crippen molar-refractivity contribution >= 4 is 16.9 Å². The summed E-state index contributed by atoms with van der Waals surface area (Å²) < 4.78 is 5.12. The van der Waals surface area contributed by atoms with Crippen molar-refractivity contribution in [1.29, 1.82) is 0 Å². The monoisotopic (exact) mass is 262 g/mol. The van der Waals surface area contributed by atoms with E-state index in [1.165, 1.54) is 6.42 Å². The van der Waals surface area contributed by atoms with Gasteiger partial charge in [0.2, 0.25) is 5.91 Å². The normalized spacial score (nSPS) is 9.84. The van der Waals surface area contributed by atoms with Crippen LogP contribution in [0.2, 0.25) is 0 Å². The number of nitrogens with one attached hydrogen (secondary N) is 1. The van der Waals surface area contributed by atoms with Crippen LogP contribution in [-0.4, -0.2) is 17.6 Å². The highest BCUT2D eigenvalue weighted by Gasteiger charge is 2.10. The van der Waals surface area contributed by atoms with E-state index in [-0.39, 0.29) is 12.3 Å². The summed E-state index contributed by atoms with van der Waals surface area (Å²) in [6, 6.07) is 7.55. The molecule has 0 saturated heterocycles. The van der Waals surface area contributed by atoms with E-state index in [1.54, 1.807) is 0 Å². The molecule has 0 unspecified atom stereocenters. The fraction of sp³-hybridized carbons (Fsp3) is 0.467. The van der Waals surface area contributed by atoms with Gasteiger partial charge >= 0.3 is 0 Å². The molecule has 4 heteroatoms. The van der Waals surface area contributed by atoms with Crippen molar-refractivity contribution in [3.8, 4) is 0 Å². The van der Waals surface area contributed by atoms with Crippen LogP contribution >= 0.6 is 0 Å². The Morgan fingerprint density at radius 3 is 2.63 bits per heavy atom. The highest BCUT2D eigenvalue weighted by molar-refractivity contribution is 5.86. The molecule has 1 amide bonds. The molecule has 0 bridgehead atoms. The van der Waals surface area contributed by atoms with Gasteiger partial charge in [-0.05, 0) is 18.6 Å². The molecule has 2 rings (SSSR count). The van der Waals surface area contributed by atoms with Crippen LogP contribution in [0.1, 0.15) is 39.3 Å². The van der Waals surface area contributed by atoms with Crippen molar-refractivity contribution in [3.63, 3.8) is 0 Å². The Morgan fingerprint density at radius 2 is 1.95 bits per heavy atom.